The van der Waals surface area contributed by atoms with Gasteiger partial charge in [0.25, 0.3) is 0 Å². The molecule has 1 aromatic rings. The summed E-state index contributed by atoms with van der Waals surface area (Å²) < 4.78 is 5.44. The van der Waals surface area contributed by atoms with Gasteiger partial charge in [-0.2, -0.15) is 0 Å². The van der Waals surface area contributed by atoms with Gasteiger partial charge in [0.15, 0.2) is 0 Å². The summed E-state index contributed by atoms with van der Waals surface area (Å²) in [7, 11) is 1.74. The zero-order valence-corrected chi connectivity index (χ0v) is 11.6. The molecule has 0 spiro atoms. The van der Waals surface area contributed by atoms with Crippen LogP contribution in [0.3, 0.4) is 0 Å². The molecule has 0 bridgehead atoms. The minimum atomic E-state index is -0.187. The standard InChI is InChI=1S/C15H24O2/c1-14(2,11-16)13-8-6-7-12(9-13)10-15(3,4)17-5/h6-9,16H,10-11H2,1-5H3. The van der Waals surface area contributed by atoms with Crippen molar-refractivity contribution < 1.29 is 9.84 Å². The van der Waals surface area contributed by atoms with Crippen molar-refractivity contribution in [3.8, 4) is 0 Å². The molecule has 0 aliphatic carbocycles. The number of ether oxygens (including phenoxy) is 1. The molecule has 0 atom stereocenters. The highest BCUT2D eigenvalue weighted by Gasteiger charge is 2.21. The number of aliphatic hydroxyl groups is 1. The van der Waals surface area contributed by atoms with Gasteiger partial charge in [0.2, 0.25) is 0 Å². The third kappa shape index (κ3) is 3.83. The minimum Gasteiger partial charge on any atom is -0.395 e. The molecule has 0 aliphatic heterocycles. The first-order valence-electron chi connectivity index (χ1n) is 6.06. The Kier molecular flexibility index (Phi) is 4.34. The highest BCUT2D eigenvalue weighted by molar-refractivity contribution is 5.30. The van der Waals surface area contributed by atoms with E-state index in [4.69, 9.17) is 4.74 Å². The Balaban J connectivity index is 2.94. The molecule has 0 heterocycles. The van der Waals surface area contributed by atoms with Crippen molar-refractivity contribution in [2.45, 2.75) is 45.1 Å². The normalized spacial score (nSPS) is 12.8. The maximum absolute atomic E-state index is 9.39. The number of aliphatic hydroxyl groups excluding tert-OH is 1. The van der Waals surface area contributed by atoms with E-state index in [9.17, 15) is 5.11 Å². The molecule has 96 valence electrons. The Bertz CT molecular complexity index is 367. The summed E-state index contributed by atoms with van der Waals surface area (Å²) in [5.41, 5.74) is 2.08. The van der Waals surface area contributed by atoms with Gasteiger partial charge >= 0.3 is 0 Å². The van der Waals surface area contributed by atoms with Gasteiger partial charge in [-0.15, -0.1) is 0 Å². The molecule has 2 nitrogen and oxygen atoms in total. The predicted octanol–water partition coefficient (Wildman–Crippen LogP) is 2.92. The molecule has 0 aliphatic rings. The molecule has 0 radical (unpaired) electrons. The molecule has 0 saturated carbocycles. The quantitative estimate of drug-likeness (QED) is 0.851. The van der Waals surface area contributed by atoms with E-state index in [0.717, 1.165) is 6.42 Å². The summed E-state index contributed by atoms with van der Waals surface area (Å²) in [6.45, 7) is 8.42. The highest BCUT2D eigenvalue weighted by atomic mass is 16.5. The van der Waals surface area contributed by atoms with Crippen LogP contribution in [0.25, 0.3) is 0 Å². The second-order valence-electron chi connectivity index (χ2n) is 5.88. The van der Waals surface area contributed by atoms with E-state index in [2.05, 4.69) is 32.0 Å². The summed E-state index contributed by atoms with van der Waals surface area (Å²) in [5.74, 6) is 0. The maximum atomic E-state index is 9.39. The Morgan fingerprint density at radius 3 is 2.35 bits per heavy atom. The lowest BCUT2D eigenvalue weighted by molar-refractivity contribution is 0.0232. The third-order valence-electron chi connectivity index (χ3n) is 3.29. The van der Waals surface area contributed by atoms with Gasteiger partial charge in [-0.25, -0.2) is 0 Å². The molecule has 1 aromatic carbocycles. The number of benzene rings is 1. The lowest BCUT2D eigenvalue weighted by atomic mass is 9.84. The van der Waals surface area contributed by atoms with E-state index in [-0.39, 0.29) is 17.6 Å². The largest absolute Gasteiger partial charge is 0.395 e. The number of rotatable bonds is 5. The van der Waals surface area contributed by atoms with Gasteiger partial charge in [-0.05, 0) is 25.0 Å². The summed E-state index contributed by atoms with van der Waals surface area (Å²) in [6, 6.07) is 8.39. The van der Waals surface area contributed by atoms with Crippen LogP contribution in [-0.4, -0.2) is 24.4 Å². The topological polar surface area (TPSA) is 29.5 Å². The zero-order valence-electron chi connectivity index (χ0n) is 11.6. The summed E-state index contributed by atoms with van der Waals surface area (Å²) in [4.78, 5) is 0. The van der Waals surface area contributed by atoms with Crippen molar-refractivity contribution in [2.24, 2.45) is 0 Å². The van der Waals surface area contributed by atoms with Gasteiger partial charge in [-0.3, -0.25) is 0 Å². The lowest BCUT2D eigenvalue weighted by Crippen LogP contribution is -2.26. The Hall–Kier alpha value is -0.860. The van der Waals surface area contributed by atoms with Gasteiger partial charge < -0.3 is 9.84 Å². The van der Waals surface area contributed by atoms with E-state index in [1.54, 1.807) is 7.11 Å². The molecule has 0 fully saturated rings. The second kappa shape index (κ2) is 5.19. The molecule has 0 saturated heterocycles. The first-order valence-corrected chi connectivity index (χ1v) is 6.06. The molecule has 0 amide bonds. The average molecular weight is 236 g/mol. The highest BCUT2D eigenvalue weighted by Crippen LogP contribution is 2.25. The van der Waals surface area contributed by atoms with E-state index in [0.29, 0.717) is 0 Å². The number of methoxy groups -OCH3 is 1. The molecular formula is C15H24O2. The van der Waals surface area contributed by atoms with Gasteiger partial charge in [-0.1, -0.05) is 38.1 Å². The van der Waals surface area contributed by atoms with Crippen molar-refractivity contribution in [3.05, 3.63) is 35.4 Å². The lowest BCUT2D eigenvalue weighted by Gasteiger charge is -2.26. The average Bonchev–Trinajstić information content (AvgIpc) is 2.29. The Morgan fingerprint density at radius 2 is 1.82 bits per heavy atom. The second-order valence-corrected chi connectivity index (χ2v) is 5.88. The van der Waals surface area contributed by atoms with Crippen LogP contribution in [0.2, 0.25) is 0 Å². The van der Waals surface area contributed by atoms with Crippen LogP contribution in [0.4, 0.5) is 0 Å². The predicted molar refractivity (Wildman–Crippen MR) is 71.3 cm³/mol. The van der Waals surface area contributed by atoms with Crippen molar-refractivity contribution in [3.63, 3.8) is 0 Å². The van der Waals surface area contributed by atoms with E-state index in [1.807, 2.05) is 19.9 Å². The molecule has 1 N–H and O–H groups in total. The number of hydrogen-bond donors (Lipinski definition) is 1. The monoisotopic (exact) mass is 236 g/mol. The minimum absolute atomic E-state index is 0.151. The van der Waals surface area contributed by atoms with Crippen LogP contribution >= 0.6 is 0 Å². The molecule has 17 heavy (non-hydrogen) atoms. The molecule has 1 rings (SSSR count). The first kappa shape index (κ1) is 14.2. The first-order chi connectivity index (χ1) is 7.80. The van der Waals surface area contributed by atoms with Gasteiger partial charge in [0.1, 0.15) is 0 Å². The Morgan fingerprint density at radius 1 is 1.18 bits per heavy atom. The third-order valence-corrected chi connectivity index (χ3v) is 3.29. The summed E-state index contributed by atoms with van der Waals surface area (Å²) >= 11 is 0. The molecule has 0 aromatic heterocycles. The van der Waals surface area contributed by atoms with E-state index in [1.165, 1.54) is 11.1 Å². The van der Waals surface area contributed by atoms with Crippen LogP contribution < -0.4 is 0 Å². The molecule has 2 heteroatoms. The van der Waals surface area contributed by atoms with Crippen LogP contribution in [-0.2, 0) is 16.6 Å². The van der Waals surface area contributed by atoms with Crippen molar-refractivity contribution >= 4 is 0 Å². The van der Waals surface area contributed by atoms with Gasteiger partial charge in [0.05, 0.1) is 12.2 Å². The zero-order chi connectivity index (χ0) is 13.1. The fraction of sp³-hybridized carbons (Fsp3) is 0.600. The SMILES string of the molecule is COC(C)(C)Cc1cccc(C(C)(C)CO)c1. The van der Waals surface area contributed by atoms with Crippen LogP contribution in [0.5, 0.6) is 0 Å². The van der Waals surface area contributed by atoms with Gasteiger partial charge in [0, 0.05) is 18.9 Å². The van der Waals surface area contributed by atoms with Crippen LogP contribution in [0, 0.1) is 0 Å². The molecular weight excluding hydrogens is 212 g/mol. The fourth-order valence-corrected chi connectivity index (χ4v) is 1.76. The molecule has 0 unspecified atom stereocenters. The number of hydrogen-bond acceptors (Lipinski definition) is 2. The summed E-state index contributed by atoms with van der Waals surface area (Å²) in [5, 5.41) is 9.39. The Labute approximate surface area is 105 Å². The van der Waals surface area contributed by atoms with Crippen LogP contribution in [0.15, 0.2) is 24.3 Å². The summed E-state index contributed by atoms with van der Waals surface area (Å²) in [6.07, 6.45) is 0.874. The van der Waals surface area contributed by atoms with Crippen molar-refractivity contribution in [1.82, 2.24) is 0 Å². The van der Waals surface area contributed by atoms with E-state index >= 15 is 0 Å². The fourth-order valence-electron chi connectivity index (χ4n) is 1.76. The maximum Gasteiger partial charge on any atom is 0.0662 e. The van der Waals surface area contributed by atoms with Crippen molar-refractivity contribution in [1.29, 1.82) is 0 Å². The smallest absolute Gasteiger partial charge is 0.0662 e. The van der Waals surface area contributed by atoms with Crippen LogP contribution in [0.1, 0.15) is 38.8 Å². The van der Waals surface area contributed by atoms with Crippen molar-refractivity contribution in [2.75, 3.05) is 13.7 Å². The van der Waals surface area contributed by atoms with E-state index < -0.39 is 0 Å².